The van der Waals surface area contributed by atoms with Gasteiger partial charge in [-0.05, 0) is 138 Å². The van der Waals surface area contributed by atoms with Gasteiger partial charge >= 0.3 is 47.9 Å². The molecule has 0 spiro atoms. The summed E-state index contributed by atoms with van der Waals surface area (Å²) in [5.41, 5.74) is 2.33. The molecule has 1 unspecified atom stereocenters. The van der Waals surface area contributed by atoms with Gasteiger partial charge in [-0.25, -0.2) is 28.8 Å². The molecule has 2 bridgehead atoms. The van der Waals surface area contributed by atoms with Crippen molar-refractivity contribution in [3.8, 4) is 0 Å². The molecule has 3 heterocycles. The van der Waals surface area contributed by atoms with Gasteiger partial charge in [-0.2, -0.15) is 0 Å². The van der Waals surface area contributed by atoms with Crippen molar-refractivity contribution in [1.29, 1.82) is 0 Å². The minimum absolute atomic E-state index is 0.00252. The zero-order chi connectivity index (χ0) is 105. The van der Waals surface area contributed by atoms with Gasteiger partial charge in [-0.3, -0.25) is 57.5 Å². The summed E-state index contributed by atoms with van der Waals surface area (Å²) in [6.45, 7) is 6.95. The second kappa shape index (κ2) is 69.8. The third-order valence-corrected chi connectivity index (χ3v) is 26.1. The summed E-state index contributed by atoms with van der Waals surface area (Å²) in [6.07, 6.45) is 11.7. The molecule has 7 rings (SSSR count). The highest BCUT2D eigenvalue weighted by Crippen LogP contribution is 2.28. The third-order valence-electron chi connectivity index (χ3n) is 26.1. The predicted molar refractivity (Wildman–Crippen MR) is 540 cm³/mol. The van der Waals surface area contributed by atoms with Crippen LogP contribution in [-0.2, 0) is 102 Å². The van der Waals surface area contributed by atoms with Crippen molar-refractivity contribution in [1.82, 2.24) is 74.4 Å². The Labute approximate surface area is 844 Å². The minimum atomic E-state index is -1.53. The lowest BCUT2D eigenvalue weighted by Crippen LogP contribution is -2.55. The molecule has 0 saturated carbocycles. The maximum atomic E-state index is 14.6. The number of urea groups is 2. The number of carboxylic acid groups (broad SMARTS) is 6. The molecule has 20 N–H and O–H groups in total. The van der Waals surface area contributed by atoms with Crippen LogP contribution in [0.2, 0.25) is 0 Å². The van der Waals surface area contributed by atoms with Crippen LogP contribution in [0.5, 0.6) is 0 Å². The molecule has 4 aromatic rings. The number of unbranched alkanes of at least 4 members (excludes halogenated alkanes) is 12. The maximum Gasteiger partial charge on any atom is 0.326 e. The van der Waals surface area contributed by atoms with E-state index in [1.54, 1.807) is 0 Å². The second-order valence-electron chi connectivity index (χ2n) is 38.5. The Balaban J connectivity index is 0.915. The molecule has 0 radical (unpaired) electrons. The van der Waals surface area contributed by atoms with E-state index in [9.17, 15) is 107 Å². The maximum absolute atomic E-state index is 14.6. The van der Waals surface area contributed by atoms with E-state index in [0.29, 0.717) is 143 Å². The first-order valence-electron chi connectivity index (χ1n) is 51.4. The largest absolute Gasteiger partial charge is 0.481 e. The second-order valence-corrected chi connectivity index (χ2v) is 38.5. The molecule has 3 aliphatic rings. The van der Waals surface area contributed by atoms with E-state index >= 15 is 0 Å². The number of Topliss-reactive ketones (excluding diaryl/α,β-unsaturated/α-hetero) is 6. The lowest BCUT2D eigenvalue weighted by molar-refractivity contribution is -0.142. The normalized spacial score (nSPS) is 16.8. The molecular weight excluding hydrogens is 1850 g/mol. The van der Waals surface area contributed by atoms with E-state index in [1.807, 2.05) is 121 Å². The molecular formula is C106H156N14O24. The Hall–Kier alpha value is -12.1. The van der Waals surface area contributed by atoms with E-state index in [1.165, 1.54) is 0 Å². The molecule has 0 aromatic heterocycles. The number of carbonyl (C=O) groups is 18. The van der Waals surface area contributed by atoms with E-state index in [2.05, 4.69) is 74.4 Å². The first-order chi connectivity index (χ1) is 69.3. The lowest BCUT2D eigenvalue weighted by Gasteiger charge is -2.37. The number of carboxylic acids is 6. The Morgan fingerprint density at radius 1 is 0.264 bits per heavy atom. The van der Waals surface area contributed by atoms with E-state index < -0.39 is 144 Å². The third kappa shape index (κ3) is 52.4. The number of carbonyl (C=O) groups excluding carboxylic acids is 12. The Kier molecular flexibility index (Phi) is 58.4. The van der Waals surface area contributed by atoms with Crippen LogP contribution in [0.1, 0.15) is 253 Å². The highest BCUT2D eigenvalue weighted by molar-refractivity contribution is 5.94. The van der Waals surface area contributed by atoms with Crippen molar-refractivity contribution >= 4 is 106 Å². The van der Waals surface area contributed by atoms with Gasteiger partial charge in [0.05, 0.1) is 12.1 Å². The molecule has 3 saturated heterocycles. The van der Waals surface area contributed by atoms with Crippen LogP contribution in [0.4, 0.5) is 9.59 Å². The number of hydrogen-bond donors (Lipinski definition) is 20. The summed E-state index contributed by atoms with van der Waals surface area (Å²) in [7, 11) is 0. The van der Waals surface area contributed by atoms with Crippen molar-refractivity contribution in [2.45, 2.75) is 293 Å². The highest BCUT2D eigenvalue weighted by Gasteiger charge is 2.38. The fourth-order valence-electron chi connectivity index (χ4n) is 18.0. The first kappa shape index (κ1) is 121. The van der Waals surface area contributed by atoms with E-state index in [4.69, 9.17) is 10.2 Å². The zero-order valence-corrected chi connectivity index (χ0v) is 83.4. The summed E-state index contributed by atoms with van der Waals surface area (Å²) < 4.78 is 0. The summed E-state index contributed by atoms with van der Waals surface area (Å²) in [5.74, 6) is -11.4. The average Bonchev–Trinajstić information content (AvgIpc) is 1.45. The summed E-state index contributed by atoms with van der Waals surface area (Å²) in [4.78, 5) is 233. The fraction of sp³-hybridized carbons (Fsp3) is 0.604. The van der Waals surface area contributed by atoms with E-state index in [-0.39, 0.29) is 175 Å². The van der Waals surface area contributed by atoms with Gasteiger partial charge < -0.3 is 105 Å². The molecule has 8 atom stereocenters. The van der Waals surface area contributed by atoms with Crippen LogP contribution in [0.15, 0.2) is 121 Å². The quantitative estimate of drug-likeness (QED) is 0.0186. The molecule has 38 nitrogen and oxygen atoms in total. The first-order valence-corrected chi connectivity index (χ1v) is 51.4. The molecule has 0 aliphatic carbocycles. The van der Waals surface area contributed by atoms with Gasteiger partial charge in [0.1, 0.15) is 47.3 Å². The lowest BCUT2D eigenvalue weighted by atomic mass is 9.80. The number of ketones is 6. The van der Waals surface area contributed by atoms with Crippen molar-refractivity contribution in [3.63, 3.8) is 0 Å². The van der Waals surface area contributed by atoms with Gasteiger partial charge in [0, 0.05) is 204 Å². The SMILES string of the molecule is O=C(O)CC[C@H](NC(=O)N[C@@H](CCCCNC(=O)CCCCCCCCC(=O)C(Cc1ccccc1)NC(=O)[C@H](CC(=O)CCCC(=O)CC12CNCCNCC(CC(=O)CCCC(=O)C[C@H](Cc3ccccc3)C(=O)N[C@H](Cc3ccccc3)C(=O)CCCCCCCCC(=O)NCCCC[C@H](NC(=O)N[C@@H](CCC(=O)O)C(=O)O)C(=O)O)(CNCCNC1)CNCCNC2)Cc1ccccc1)C(=O)O)C(=O)O. The summed E-state index contributed by atoms with van der Waals surface area (Å²) in [6, 6.07) is 28.1. The van der Waals surface area contributed by atoms with Gasteiger partial charge in [0.15, 0.2) is 11.6 Å². The van der Waals surface area contributed by atoms with Crippen LogP contribution in [0.3, 0.4) is 0 Å². The molecule has 4 aromatic carbocycles. The molecule has 8 amide bonds. The highest BCUT2D eigenvalue weighted by atomic mass is 16.4. The smallest absolute Gasteiger partial charge is 0.326 e. The van der Waals surface area contributed by atoms with Crippen LogP contribution in [0, 0.1) is 22.7 Å². The zero-order valence-electron chi connectivity index (χ0n) is 83.4. The summed E-state index contributed by atoms with van der Waals surface area (Å²) >= 11 is 0. The van der Waals surface area contributed by atoms with Crippen LogP contribution in [0.25, 0.3) is 0 Å². The fourth-order valence-corrected chi connectivity index (χ4v) is 18.0. The minimum Gasteiger partial charge on any atom is -0.481 e. The summed E-state index contributed by atoms with van der Waals surface area (Å²) in [5, 5.41) is 97.7. The Morgan fingerprint density at radius 2 is 0.528 bits per heavy atom. The average molecular weight is 2010 g/mol. The van der Waals surface area contributed by atoms with Crippen molar-refractivity contribution in [3.05, 3.63) is 144 Å². The number of nitrogens with one attached hydrogen (secondary N) is 14. The van der Waals surface area contributed by atoms with Gasteiger partial charge in [0.25, 0.3) is 0 Å². The molecule has 38 heteroatoms. The number of fused-ring (bicyclic) bond motifs is 15. The predicted octanol–water partition coefficient (Wildman–Crippen LogP) is 7.97. The molecule has 3 fully saturated rings. The molecule has 3 aliphatic heterocycles. The van der Waals surface area contributed by atoms with Crippen LogP contribution < -0.4 is 74.4 Å². The van der Waals surface area contributed by atoms with Crippen molar-refractivity contribution < 1.29 is 117 Å². The Morgan fingerprint density at radius 3 is 0.812 bits per heavy atom. The number of rotatable bonds is 72. The molecule has 144 heavy (non-hydrogen) atoms. The number of aliphatic carboxylic acids is 6. The monoisotopic (exact) mass is 2010 g/mol. The van der Waals surface area contributed by atoms with Crippen molar-refractivity contribution in [2.75, 3.05) is 91.6 Å². The van der Waals surface area contributed by atoms with Crippen molar-refractivity contribution in [2.24, 2.45) is 22.7 Å². The van der Waals surface area contributed by atoms with Crippen LogP contribution in [-0.4, -0.2) is 265 Å². The number of benzene rings is 4. The van der Waals surface area contributed by atoms with Gasteiger partial charge in [-0.15, -0.1) is 0 Å². The standard InChI is InChI=1S/C106H156N14O24/c121-81(65-79(61-75-31-13-9-14-32-75)97(133)115-89(63-77-35-17-11-18-36-77)91(125)45-21-5-1-3-7-23-47-93(127)113-53-27-25-43-85(99(135)136)117-103(143)119-87(101(139)140)49-51-95(129)130)39-29-41-83(123)67-105-69-107-55-58-110-72-106(73-111-59-56-108-70-105,74-112-60-57-109-71-105)68-84(124)42-30-40-82(122)66-80(62-76-33-15-10-16-34-76)98(134)116-90(64-78-37-19-12-20-38-78)92(126)46-22-6-2-4-8-24-48-94(128)114-54-28-26-44-86(100(137)138)118-104(144)120-88(102(141)142)50-52-96(131)132/h9-20,31-38,79-80,85-90,107-112H,1-8,21-30,39-74H2,(H,113,127)(H,114,128)(H,115,133)(H,116,134)(H,129,130)(H,131,132)(H,135,136)(H,137,138)(H,139,140)(H,141,142)(H2,117,119,143)(H2,118,120,144)/t79-,80-,85-,86-,87-,88-,89+,90?,105?,106?/m0/s1. The topological polar surface area (TPSA) is 597 Å². The van der Waals surface area contributed by atoms with Crippen LogP contribution >= 0.6 is 0 Å². The van der Waals surface area contributed by atoms with E-state index in [0.717, 1.165) is 73.6 Å². The Bertz CT molecular complexity index is 4320. The number of amides is 8. The van der Waals surface area contributed by atoms with Gasteiger partial charge in [0.2, 0.25) is 23.6 Å². The number of hydrogen-bond acceptors (Lipinski definition) is 24. The molecule has 794 valence electrons. The van der Waals surface area contributed by atoms with Gasteiger partial charge in [-0.1, -0.05) is 173 Å².